The van der Waals surface area contributed by atoms with Gasteiger partial charge >= 0.3 is 6.36 Å². The van der Waals surface area contributed by atoms with Gasteiger partial charge in [0.05, 0.1) is 0 Å². The molecule has 0 aliphatic carbocycles. The summed E-state index contributed by atoms with van der Waals surface area (Å²) in [5.74, 6) is -0.175. The second kappa shape index (κ2) is 6.66. The molecular weight excluding hydrogens is 281 g/mol. The minimum absolute atomic E-state index is 0.175. The predicted octanol–water partition coefficient (Wildman–Crippen LogP) is 3.33. The maximum atomic E-state index is 12.2. The van der Waals surface area contributed by atoms with Crippen molar-refractivity contribution >= 4 is 0 Å². The van der Waals surface area contributed by atoms with Crippen molar-refractivity contribution in [2.75, 3.05) is 19.6 Å². The SMILES string of the molecule is CCCN(C1CNC1)C(C)c1ccc(OC(F)(F)F)cc1. The summed E-state index contributed by atoms with van der Waals surface area (Å²) in [4.78, 5) is 2.40. The van der Waals surface area contributed by atoms with Crippen LogP contribution in [0, 0.1) is 0 Å². The van der Waals surface area contributed by atoms with E-state index in [1.54, 1.807) is 12.1 Å². The Morgan fingerprint density at radius 1 is 1.29 bits per heavy atom. The highest BCUT2D eigenvalue weighted by Crippen LogP contribution is 2.28. The first-order valence-corrected chi connectivity index (χ1v) is 7.23. The Labute approximate surface area is 123 Å². The molecule has 1 unspecified atom stereocenters. The van der Waals surface area contributed by atoms with Crippen LogP contribution in [0.5, 0.6) is 5.75 Å². The summed E-state index contributed by atoms with van der Waals surface area (Å²) in [6, 6.07) is 6.86. The number of rotatable bonds is 6. The normalized spacial score (nSPS) is 17.6. The van der Waals surface area contributed by atoms with Gasteiger partial charge in [0.1, 0.15) is 5.75 Å². The van der Waals surface area contributed by atoms with Gasteiger partial charge in [0.25, 0.3) is 0 Å². The Morgan fingerprint density at radius 3 is 2.33 bits per heavy atom. The van der Waals surface area contributed by atoms with Gasteiger partial charge in [-0.3, -0.25) is 4.90 Å². The summed E-state index contributed by atoms with van der Waals surface area (Å²) >= 11 is 0. The molecule has 6 heteroatoms. The van der Waals surface area contributed by atoms with Gasteiger partial charge in [-0.2, -0.15) is 0 Å². The van der Waals surface area contributed by atoms with E-state index >= 15 is 0 Å². The summed E-state index contributed by atoms with van der Waals surface area (Å²) in [7, 11) is 0. The average Bonchev–Trinajstić information content (AvgIpc) is 2.34. The highest BCUT2D eigenvalue weighted by molar-refractivity contribution is 5.29. The fourth-order valence-electron chi connectivity index (χ4n) is 2.60. The summed E-state index contributed by atoms with van der Waals surface area (Å²) in [6.45, 7) is 7.15. The third-order valence-corrected chi connectivity index (χ3v) is 3.80. The van der Waals surface area contributed by atoms with Crippen LogP contribution in [0.25, 0.3) is 0 Å². The molecule has 3 nitrogen and oxygen atoms in total. The van der Waals surface area contributed by atoms with Crippen LogP contribution in [0.3, 0.4) is 0 Å². The van der Waals surface area contributed by atoms with Gasteiger partial charge in [-0.25, -0.2) is 0 Å². The molecule has 1 N–H and O–H groups in total. The van der Waals surface area contributed by atoms with Crippen LogP contribution in [0.15, 0.2) is 24.3 Å². The topological polar surface area (TPSA) is 24.5 Å². The van der Waals surface area contributed by atoms with Crippen molar-refractivity contribution in [2.45, 2.75) is 38.7 Å². The Morgan fingerprint density at radius 2 is 1.90 bits per heavy atom. The van der Waals surface area contributed by atoms with Gasteiger partial charge in [0.15, 0.2) is 0 Å². The van der Waals surface area contributed by atoms with E-state index in [4.69, 9.17) is 0 Å². The first-order valence-electron chi connectivity index (χ1n) is 7.23. The second-order valence-electron chi connectivity index (χ2n) is 5.34. The summed E-state index contributed by atoms with van der Waals surface area (Å²) in [5, 5.41) is 3.25. The zero-order valence-electron chi connectivity index (χ0n) is 12.3. The lowest BCUT2D eigenvalue weighted by molar-refractivity contribution is -0.274. The van der Waals surface area contributed by atoms with Gasteiger partial charge < -0.3 is 10.1 Å². The first kappa shape index (κ1) is 16.1. The smallest absolute Gasteiger partial charge is 0.406 e. The molecule has 0 spiro atoms. The molecule has 0 amide bonds. The van der Waals surface area contributed by atoms with Crippen LogP contribution in [0.1, 0.15) is 31.9 Å². The molecule has 118 valence electrons. The number of nitrogens with zero attached hydrogens (tertiary/aromatic N) is 1. The van der Waals surface area contributed by atoms with E-state index in [2.05, 4.69) is 28.8 Å². The second-order valence-corrected chi connectivity index (χ2v) is 5.34. The van der Waals surface area contributed by atoms with E-state index in [0.29, 0.717) is 6.04 Å². The lowest BCUT2D eigenvalue weighted by atomic mass is 10.0. The Kier molecular flexibility index (Phi) is 5.11. The molecule has 1 aromatic carbocycles. The van der Waals surface area contributed by atoms with E-state index in [1.807, 2.05) is 0 Å². The number of nitrogens with one attached hydrogen (secondary N) is 1. The third-order valence-electron chi connectivity index (χ3n) is 3.80. The fourth-order valence-corrected chi connectivity index (χ4v) is 2.60. The van der Waals surface area contributed by atoms with Gasteiger partial charge in [0.2, 0.25) is 0 Å². The van der Waals surface area contributed by atoms with Gasteiger partial charge in [0, 0.05) is 25.2 Å². The van der Waals surface area contributed by atoms with Crippen molar-refractivity contribution in [3.8, 4) is 5.75 Å². The first-order chi connectivity index (χ1) is 9.90. The van der Waals surface area contributed by atoms with Crippen molar-refractivity contribution < 1.29 is 17.9 Å². The zero-order valence-corrected chi connectivity index (χ0v) is 12.3. The summed E-state index contributed by atoms with van der Waals surface area (Å²) in [6.07, 6.45) is -3.59. The summed E-state index contributed by atoms with van der Waals surface area (Å²) in [5.41, 5.74) is 1.00. The fraction of sp³-hybridized carbons (Fsp3) is 0.600. The van der Waals surface area contributed by atoms with E-state index < -0.39 is 6.36 Å². The van der Waals surface area contributed by atoms with Crippen molar-refractivity contribution in [3.05, 3.63) is 29.8 Å². The number of alkyl halides is 3. The molecule has 0 bridgehead atoms. The standard InChI is InChI=1S/C15H21F3N2O/c1-3-8-20(13-9-19-10-13)11(2)12-4-6-14(7-5-12)21-15(16,17)18/h4-7,11,13,19H,3,8-10H2,1-2H3. The quantitative estimate of drug-likeness (QED) is 0.872. The zero-order chi connectivity index (χ0) is 15.5. The van der Waals surface area contributed by atoms with E-state index in [9.17, 15) is 13.2 Å². The maximum Gasteiger partial charge on any atom is 0.573 e. The van der Waals surface area contributed by atoms with Crippen molar-refractivity contribution in [2.24, 2.45) is 0 Å². The third kappa shape index (κ3) is 4.35. The van der Waals surface area contributed by atoms with Crippen LogP contribution in [0.4, 0.5) is 13.2 Å². The highest BCUT2D eigenvalue weighted by Gasteiger charge is 2.31. The molecule has 0 radical (unpaired) electrons. The summed E-state index contributed by atoms with van der Waals surface area (Å²) < 4.78 is 40.4. The molecule has 1 aliphatic heterocycles. The van der Waals surface area contributed by atoms with Crippen LogP contribution in [0.2, 0.25) is 0 Å². The Balaban J connectivity index is 2.05. The molecule has 0 saturated carbocycles. The number of hydrogen-bond donors (Lipinski definition) is 1. The Hall–Kier alpha value is -1.27. The number of benzene rings is 1. The molecule has 2 rings (SSSR count). The predicted molar refractivity (Wildman–Crippen MR) is 75.2 cm³/mol. The molecule has 1 heterocycles. The molecule has 1 atom stereocenters. The molecule has 21 heavy (non-hydrogen) atoms. The van der Waals surface area contributed by atoms with Crippen LogP contribution in [-0.2, 0) is 0 Å². The average molecular weight is 302 g/mol. The van der Waals surface area contributed by atoms with Crippen LogP contribution in [-0.4, -0.2) is 36.9 Å². The van der Waals surface area contributed by atoms with Crippen molar-refractivity contribution in [1.29, 1.82) is 0 Å². The number of ether oxygens (including phenoxy) is 1. The lowest BCUT2D eigenvalue weighted by Gasteiger charge is -2.42. The van der Waals surface area contributed by atoms with E-state index in [-0.39, 0.29) is 11.8 Å². The maximum absolute atomic E-state index is 12.2. The Bertz CT molecular complexity index is 443. The molecule has 0 aromatic heterocycles. The minimum Gasteiger partial charge on any atom is -0.406 e. The largest absolute Gasteiger partial charge is 0.573 e. The van der Waals surface area contributed by atoms with Gasteiger partial charge in [-0.15, -0.1) is 13.2 Å². The molecule has 1 fully saturated rings. The molecular formula is C15H21F3N2O. The van der Waals surface area contributed by atoms with E-state index in [1.165, 1.54) is 12.1 Å². The molecule has 1 saturated heterocycles. The van der Waals surface area contributed by atoms with Crippen LogP contribution >= 0.6 is 0 Å². The van der Waals surface area contributed by atoms with Crippen LogP contribution < -0.4 is 10.1 Å². The van der Waals surface area contributed by atoms with Crippen molar-refractivity contribution in [1.82, 2.24) is 10.2 Å². The minimum atomic E-state index is -4.64. The van der Waals surface area contributed by atoms with Gasteiger partial charge in [-0.05, 0) is 37.6 Å². The number of halogens is 3. The monoisotopic (exact) mass is 302 g/mol. The van der Waals surface area contributed by atoms with Crippen molar-refractivity contribution in [3.63, 3.8) is 0 Å². The van der Waals surface area contributed by atoms with E-state index in [0.717, 1.165) is 31.6 Å². The van der Waals surface area contributed by atoms with Gasteiger partial charge in [-0.1, -0.05) is 19.1 Å². The number of hydrogen-bond acceptors (Lipinski definition) is 3. The lowest BCUT2D eigenvalue weighted by Crippen LogP contribution is -2.57. The molecule has 1 aromatic rings. The highest BCUT2D eigenvalue weighted by atomic mass is 19.4. The molecule has 1 aliphatic rings.